The smallest absolute Gasteiger partial charge is 0.141 e. The maximum Gasteiger partial charge on any atom is 0.141 e. The van der Waals surface area contributed by atoms with Crippen LogP contribution in [0.15, 0.2) is 41.4 Å². The molecular weight excluding hydrogens is 287 g/mol. The van der Waals surface area contributed by atoms with Gasteiger partial charge in [0.25, 0.3) is 0 Å². The summed E-state index contributed by atoms with van der Waals surface area (Å²) >= 11 is 3.33. The third-order valence-electron chi connectivity index (χ3n) is 2.29. The van der Waals surface area contributed by atoms with Crippen molar-refractivity contribution in [2.45, 2.75) is 6.04 Å². The third kappa shape index (κ3) is 2.85. The zero-order valence-electron chi connectivity index (χ0n) is 8.77. The number of nitrogens with zero attached hydrogens (tertiary/aromatic N) is 2. The van der Waals surface area contributed by atoms with Gasteiger partial charge in [-0.3, -0.25) is 15.8 Å². The van der Waals surface area contributed by atoms with Gasteiger partial charge in [-0.1, -0.05) is 0 Å². The Balaban J connectivity index is 2.40. The van der Waals surface area contributed by atoms with Gasteiger partial charge in [-0.05, 0) is 39.2 Å². The molecule has 0 aliphatic heterocycles. The molecule has 0 bridgehead atoms. The Morgan fingerprint density at radius 2 is 1.76 bits per heavy atom. The van der Waals surface area contributed by atoms with Gasteiger partial charge in [0, 0.05) is 23.1 Å². The fourth-order valence-corrected chi connectivity index (χ4v) is 1.94. The zero-order valence-corrected chi connectivity index (χ0v) is 10.4. The first-order chi connectivity index (χ1) is 8.20. The monoisotopic (exact) mass is 296 g/mol. The van der Waals surface area contributed by atoms with Gasteiger partial charge < -0.3 is 0 Å². The van der Waals surface area contributed by atoms with Crippen molar-refractivity contribution in [2.24, 2.45) is 5.84 Å². The van der Waals surface area contributed by atoms with Crippen LogP contribution in [0.1, 0.15) is 17.2 Å². The van der Waals surface area contributed by atoms with Crippen LogP contribution in [0.2, 0.25) is 0 Å². The van der Waals surface area contributed by atoms with E-state index in [4.69, 9.17) is 5.84 Å². The fourth-order valence-electron chi connectivity index (χ4n) is 1.56. The van der Waals surface area contributed by atoms with Crippen LogP contribution in [0, 0.1) is 5.82 Å². The van der Waals surface area contributed by atoms with Crippen LogP contribution in [0.5, 0.6) is 0 Å². The van der Waals surface area contributed by atoms with Crippen LogP contribution in [0.4, 0.5) is 4.39 Å². The van der Waals surface area contributed by atoms with Gasteiger partial charge in [0.1, 0.15) is 5.82 Å². The first-order valence-electron chi connectivity index (χ1n) is 4.87. The quantitative estimate of drug-likeness (QED) is 0.671. The van der Waals surface area contributed by atoms with Crippen molar-refractivity contribution < 1.29 is 4.39 Å². The van der Waals surface area contributed by atoms with Gasteiger partial charge in [-0.2, -0.15) is 0 Å². The Morgan fingerprint density at radius 3 is 2.35 bits per heavy atom. The van der Waals surface area contributed by atoms with E-state index in [-0.39, 0.29) is 6.04 Å². The molecule has 2 aromatic heterocycles. The predicted molar refractivity (Wildman–Crippen MR) is 65.3 cm³/mol. The largest absolute Gasteiger partial charge is 0.271 e. The molecule has 0 aliphatic carbocycles. The van der Waals surface area contributed by atoms with Crippen LogP contribution in [-0.2, 0) is 0 Å². The molecule has 17 heavy (non-hydrogen) atoms. The topological polar surface area (TPSA) is 63.8 Å². The van der Waals surface area contributed by atoms with E-state index in [1.165, 1.54) is 6.07 Å². The summed E-state index contributed by atoms with van der Waals surface area (Å²) in [4.78, 5) is 7.84. The Hall–Kier alpha value is -1.37. The maximum atomic E-state index is 13.1. The summed E-state index contributed by atoms with van der Waals surface area (Å²) in [5, 5.41) is 0. The molecule has 0 saturated heterocycles. The van der Waals surface area contributed by atoms with Crippen LogP contribution in [0.25, 0.3) is 0 Å². The van der Waals surface area contributed by atoms with Crippen molar-refractivity contribution in [2.75, 3.05) is 0 Å². The van der Waals surface area contributed by atoms with Crippen LogP contribution >= 0.6 is 15.9 Å². The van der Waals surface area contributed by atoms with Crippen molar-refractivity contribution in [3.05, 3.63) is 58.3 Å². The SMILES string of the molecule is NNC(c1cncc(F)c1)c1cncc(Br)c1. The van der Waals surface area contributed by atoms with E-state index in [1.54, 1.807) is 18.6 Å². The van der Waals surface area contributed by atoms with Crippen LogP contribution < -0.4 is 11.3 Å². The number of aromatic nitrogens is 2. The Morgan fingerprint density at radius 1 is 1.12 bits per heavy atom. The number of hydrazine groups is 1. The van der Waals surface area contributed by atoms with Crippen molar-refractivity contribution in [1.29, 1.82) is 0 Å². The Labute approximate surface area is 106 Å². The number of nitrogens with two attached hydrogens (primary N) is 1. The van der Waals surface area contributed by atoms with Crippen LogP contribution in [0.3, 0.4) is 0 Å². The molecule has 1 atom stereocenters. The minimum absolute atomic E-state index is 0.344. The molecule has 0 fully saturated rings. The van der Waals surface area contributed by atoms with Crippen molar-refractivity contribution in [1.82, 2.24) is 15.4 Å². The van der Waals surface area contributed by atoms with E-state index < -0.39 is 5.82 Å². The van der Waals surface area contributed by atoms with Crippen molar-refractivity contribution in [3.63, 3.8) is 0 Å². The predicted octanol–water partition coefficient (Wildman–Crippen LogP) is 1.93. The fraction of sp³-hybridized carbons (Fsp3) is 0.0909. The molecular formula is C11H10BrFN4. The van der Waals surface area contributed by atoms with E-state index in [2.05, 4.69) is 31.3 Å². The first-order valence-corrected chi connectivity index (χ1v) is 5.67. The van der Waals surface area contributed by atoms with Gasteiger partial charge in [-0.15, -0.1) is 0 Å². The highest BCUT2D eigenvalue weighted by Gasteiger charge is 2.14. The van der Waals surface area contributed by atoms with Crippen molar-refractivity contribution >= 4 is 15.9 Å². The third-order valence-corrected chi connectivity index (χ3v) is 2.72. The minimum Gasteiger partial charge on any atom is -0.271 e. The second-order valence-corrected chi connectivity index (χ2v) is 4.39. The van der Waals surface area contributed by atoms with Crippen LogP contribution in [-0.4, -0.2) is 9.97 Å². The molecule has 2 aromatic rings. The summed E-state index contributed by atoms with van der Waals surface area (Å²) in [6.45, 7) is 0. The van der Waals surface area contributed by atoms with E-state index in [9.17, 15) is 4.39 Å². The van der Waals surface area contributed by atoms with Gasteiger partial charge >= 0.3 is 0 Å². The van der Waals surface area contributed by atoms with E-state index >= 15 is 0 Å². The molecule has 0 radical (unpaired) electrons. The number of nitrogens with one attached hydrogen (secondary N) is 1. The second kappa shape index (κ2) is 5.31. The van der Waals surface area contributed by atoms with E-state index in [1.807, 2.05) is 6.07 Å². The highest BCUT2D eigenvalue weighted by atomic mass is 79.9. The highest BCUT2D eigenvalue weighted by molar-refractivity contribution is 9.10. The number of hydrogen-bond acceptors (Lipinski definition) is 4. The summed E-state index contributed by atoms with van der Waals surface area (Å²) in [7, 11) is 0. The van der Waals surface area contributed by atoms with Gasteiger partial charge in [0.05, 0.1) is 12.2 Å². The molecule has 2 rings (SSSR count). The maximum absolute atomic E-state index is 13.1. The number of hydrogen-bond donors (Lipinski definition) is 2. The molecule has 3 N–H and O–H groups in total. The number of pyridine rings is 2. The summed E-state index contributed by atoms with van der Waals surface area (Å²) < 4.78 is 13.9. The molecule has 2 heterocycles. The number of halogens is 2. The summed E-state index contributed by atoms with van der Waals surface area (Å²) in [6, 6.07) is 2.91. The van der Waals surface area contributed by atoms with Gasteiger partial charge in [0.15, 0.2) is 0 Å². The van der Waals surface area contributed by atoms with Crippen molar-refractivity contribution in [3.8, 4) is 0 Å². The highest BCUT2D eigenvalue weighted by Crippen LogP contribution is 2.22. The minimum atomic E-state index is -0.397. The molecule has 0 amide bonds. The molecule has 88 valence electrons. The summed E-state index contributed by atoms with van der Waals surface area (Å²) in [5.41, 5.74) is 4.10. The molecule has 0 aromatic carbocycles. The first kappa shape index (κ1) is 12.1. The summed E-state index contributed by atoms with van der Waals surface area (Å²) in [5.74, 6) is 5.10. The Bertz CT molecular complexity index is 475. The summed E-state index contributed by atoms with van der Waals surface area (Å²) in [6.07, 6.45) is 6.05. The second-order valence-electron chi connectivity index (χ2n) is 3.47. The zero-order chi connectivity index (χ0) is 12.3. The lowest BCUT2D eigenvalue weighted by Gasteiger charge is -2.16. The number of rotatable bonds is 3. The molecule has 4 nitrogen and oxygen atoms in total. The molecule has 6 heteroatoms. The molecule has 0 saturated carbocycles. The standard InChI is InChI=1S/C11H10BrFN4/c12-9-1-7(3-15-5-9)11(17-14)8-2-10(13)6-16-4-8/h1-6,11,17H,14H2. The van der Waals surface area contributed by atoms with E-state index in [0.29, 0.717) is 5.56 Å². The molecule has 1 unspecified atom stereocenters. The Kier molecular flexibility index (Phi) is 3.78. The van der Waals surface area contributed by atoms with Gasteiger partial charge in [-0.25, -0.2) is 9.82 Å². The van der Waals surface area contributed by atoms with Gasteiger partial charge in [0.2, 0.25) is 0 Å². The lowest BCUT2D eigenvalue weighted by molar-refractivity contribution is 0.597. The lowest BCUT2D eigenvalue weighted by atomic mass is 10.0. The molecule has 0 spiro atoms. The lowest BCUT2D eigenvalue weighted by Crippen LogP contribution is -2.29. The average Bonchev–Trinajstić information content (AvgIpc) is 2.30. The normalized spacial score (nSPS) is 12.4. The molecule has 0 aliphatic rings. The average molecular weight is 297 g/mol. The van der Waals surface area contributed by atoms with E-state index in [0.717, 1.165) is 16.2 Å².